The number of unbranched alkanes of at least 4 members (excludes halogenated alkanes) is 2. The van der Waals surface area contributed by atoms with Crippen LogP contribution >= 0.6 is 0 Å². The lowest BCUT2D eigenvalue weighted by molar-refractivity contribution is 0.122. The lowest BCUT2D eigenvalue weighted by atomic mass is 10.2. The van der Waals surface area contributed by atoms with Crippen molar-refractivity contribution in [2.24, 2.45) is 0 Å². The van der Waals surface area contributed by atoms with E-state index < -0.39 is 0 Å². The molecule has 102 valence electrons. The number of nitriles is 1. The highest BCUT2D eigenvalue weighted by Gasteiger charge is 2.10. The molecule has 19 heavy (non-hydrogen) atoms. The van der Waals surface area contributed by atoms with E-state index in [2.05, 4.69) is 40.6 Å². The molecule has 1 aliphatic rings. The quantitative estimate of drug-likeness (QED) is 0.798. The normalized spacial score (nSPS) is 15.0. The number of morpholine rings is 1. The Morgan fingerprint density at radius 2 is 1.89 bits per heavy atom. The predicted octanol–water partition coefficient (Wildman–Crippen LogP) is 2.63. The number of rotatable bonds is 6. The summed E-state index contributed by atoms with van der Waals surface area (Å²) in [6, 6.07) is 10.7. The molecule has 0 radical (unpaired) electrons. The number of nitrogens with zero attached hydrogens (tertiary/aromatic N) is 2. The van der Waals surface area contributed by atoms with Crippen LogP contribution in [0.5, 0.6) is 0 Å². The van der Waals surface area contributed by atoms with E-state index in [9.17, 15) is 0 Å². The van der Waals surface area contributed by atoms with E-state index in [4.69, 9.17) is 10.00 Å². The number of anilines is 2. The van der Waals surface area contributed by atoms with Gasteiger partial charge in [0.15, 0.2) is 0 Å². The fourth-order valence-corrected chi connectivity index (χ4v) is 2.17. The summed E-state index contributed by atoms with van der Waals surface area (Å²) in [5.74, 6) is 0. The lowest BCUT2D eigenvalue weighted by Gasteiger charge is -2.28. The second kappa shape index (κ2) is 7.65. The van der Waals surface area contributed by atoms with E-state index in [1.807, 2.05) is 0 Å². The van der Waals surface area contributed by atoms with Gasteiger partial charge in [-0.15, -0.1) is 0 Å². The lowest BCUT2D eigenvalue weighted by Crippen LogP contribution is -2.36. The second-order valence-electron chi connectivity index (χ2n) is 4.69. The van der Waals surface area contributed by atoms with E-state index in [1.165, 1.54) is 5.69 Å². The number of benzene rings is 1. The third kappa shape index (κ3) is 4.46. The third-order valence-corrected chi connectivity index (χ3v) is 3.29. The monoisotopic (exact) mass is 259 g/mol. The van der Waals surface area contributed by atoms with E-state index in [1.54, 1.807) is 0 Å². The summed E-state index contributed by atoms with van der Waals surface area (Å²) in [4.78, 5) is 2.35. The average Bonchev–Trinajstić information content (AvgIpc) is 2.49. The van der Waals surface area contributed by atoms with Crippen molar-refractivity contribution in [1.82, 2.24) is 0 Å². The molecule has 0 aliphatic carbocycles. The van der Waals surface area contributed by atoms with Crippen LogP contribution in [0.1, 0.15) is 19.3 Å². The fourth-order valence-electron chi connectivity index (χ4n) is 2.17. The summed E-state index contributed by atoms with van der Waals surface area (Å²) in [6.45, 7) is 4.51. The molecule has 1 N–H and O–H groups in total. The van der Waals surface area contributed by atoms with Crippen molar-refractivity contribution in [3.8, 4) is 6.07 Å². The Bertz CT molecular complexity index is 404. The van der Waals surface area contributed by atoms with Gasteiger partial charge in [0.1, 0.15) is 0 Å². The van der Waals surface area contributed by atoms with Gasteiger partial charge >= 0.3 is 0 Å². The van der Waals surface area contributed by atoms with Crippen LogP contribution in [0.15, 0.2) is 24.3 Å². The summed E-state index contributed by atoms with van der Waals surface area (Å²) in [6.07, 6.45) is 2.66. The molecule has 4 nitrogen and oxygen atoms in total. The summed E-state index contributed by atoms with van der Waals surface area (Å²) in [5.41, 5.74) is 2.41. The first kappa shape index (κ1) is 13.7. The molecular formula is C15H21N3O. The third-order valence-electron chi connectivity index (χ3n) is 3.29. The van der Waals surface area contributed by atoms with Crippen LogP contribution in [0.4, 0.5) is 11.4 Å². The zero-order valence-corrected chi connectivity index (χ0v) is 11.3. The van der Waals surface area contributed by atoms with Crippen LogP contribution in [-0.2, 0) is 4.74 Å². The molecule has 2 rings (SSSR count). The molecule has 1 saturated heterocycles. The number of nitrogens with one attached hydrogen (secondary N) is 1. The molecule has 0 unspecified atom stereocenters. The van der Waals surface area contributed by atoms with Gasteiger partial charge in [-0.3, -0.25) is 0 Å². The first-order valence-electron chi connectivity index (χ1n) is 6.94. The van der Waals surface area contributed by atoms with E-state index >= 15 is 0 Å². The Balaban J connectivity index is 1.76. The Morgan fingerprint density at radius 3 is 2.58 bits per heavy atom. The minimum Gasteiger partial charge on any atom is -0.385 e. The molecule has 1 aromatic carbocycles. The zero-order chi connectivity index (χ0) is 13.3. The van der Waals surface area contributed by atoms with Gasteiger partial charge in [0.05, 0.1) is 19.3 Å². The molecule has 0 aromatic heterocycles. The van der Waals surface area contributed by atoms with E-state index in [0.717, 1.165) is 51.4 Å². The topological polar surface area (TPSA) is 48.3 Å². The fraction of sp³-hybridized carbons (Fsp3) is 0.533. The summed E-state index contributed by atoms with van der Waals surface area (Å²) in [5, 5.41) is 11.8. The molecule has 0 bridgehead atoms. The van der Waals surface area contributed by atoms with E-state index in [0.29, 0.717) is 6.42 Å². The molecule has 4 heteroatoms. The maximum atomic E-state index is 8.45. The van der Waals surface area contributed by atoms with Gasteiger partial charge in [-0.2, -0.15) is 5.26 Å². The molecule has 0 saturated carbocycles. The van der Waals surface area contributed by atoms with Crippen LogP contribution < -0.4 is 10.2 Å². The molecule has 1 heterocycles. The molecule has 0 amide bonds. The van der Waals surface area contributed by atoms with Gasteiger partial charge in [0.25, 0.3) is 0 Å². The maximum absolute atomic E-state index is 8.45. The van der Waals surface area contributed by atoms with Gasteiger partial charge in [0.2, 0.25) is 0 Å². The maximum Gasteiger partial charge on any atom is 0.0642 e. The molecule has 0 atom stereocenters. The van der Waals surface area contributed by atoms with Crippen molar-refractivity contribution in [2.45, 2.75) is 19.3 Å². The predicted molar refractivity (Wildman–Crippen MR) is 77.4 cm³/mol. The van der Waals surface area contributed by atoms with Gasteiger partial charge < -0.3 is 15.0 Å². The Kier molecular flexibility index (Phi) is 5.51. The van der Waals surface area contributed by atoms with Crippen molar-refractivity contribution in [3.63, 3.8) is 0 Å². The minimum atomic E-state index is 0.650. The Labute approximate surface area is 115 Å². The van der Waals surface area contributed by atoms with Gasteiger partial charge in [-0.1, -0.05) is 0 Å². The zero-order valence-electron chi connectivity index (χ0n) is 11.3. The highest BCUT2D eigenvalue weighted by atomic mass is 16.5. The summed E-state index contributed by atoms with van der Waals surface area (Å²) in [7, 11) is 0. The number of ether oxygens (including phenoxy) is 1. The van der Waals surface area contributed by atoms with E-state index in [-0.39, 0.29) is 0 Å². The molecule has 1 fully saturated rings. The van der Waals surface area contributed by atoms with Gasteiger partial charge in [-0.25, -0.2) is 0 Å². The number of hydrogen-bond donors (Lipinski definition) is 1. The Morgan fingerprint density at radius 1 is 1.16 bits per heavy atom. The first-order valence-corrected chi connectivity index (χ1v) is 6.94. The molecule has 0 spiro atoms. The van der Waals surface area contributed by atoms with Crippen LogP contribution in [0.2, 0.25) is 0 Å². The highest BCUT2D eigenvalue weighted by molar-refractivity contribution is 5.55. The van der Waals surface area contributed by atoms with Gasteiger partial charge in [0, 0.05) is 37.4 Å². The van der Waals surface area contributed by atoms with Crippen molar-refractivity contribution < 1.29 is 4.74 Å². The molecule has 1 aliphatic heterocycles. The van der Waals surface area contributed by atoms with Gasteiger partial charge in [-0.05, 0) is 37.1 Å². The van der Waals surface area contributed by atoms with Crippen molar-refractivity contribution in [3.05, 3.63) is 24.3 Å². The van der Waals surface area contributed by atoms with Crippen LogP contribution in [-0.4, -0.2) is 32.8 Å². The Hall–Kier alpha value is -1.73. The van der Waals surface area contributed by atoms with Crippen molar-refractivity contribution in [2.75, 3.05) is 43.1 Å². The second-order valence-corrected chi connectivity index (χ2v) is 4.69. The van der Waals surface area contributed by atoms with Crippen molar-refractivity contribution in [1.29, 1.82) is 5.26 Å². The standard InChI is InChI=1S/C15H21N3O/c16-8-2-1-3-9-17-14-4-6-15(7-5-14)18-10-12-19-13-11-18/h4-7,17H,1-3,9-13H2. The van der Waals surface area contributed by atoms with Crippen LogP contribution in [0, 0.1) is 11.3 Å². The first-order chi connectivity index (χ1) is 9.40. The van der Waals surface area contributed by atoms with Crippen LogP contribution in [0.25, 0.3) is 0 Å². The SMILES string of the molecule is N#CCCCCNc1ccc(N2CCOCC2)cc1. The largest absolute Gasteiger partial charge is 0.385 e. The highest BCUT2D eigenvalue weighted by Crippen LogP contribution is 2.19. The summed E-state index contributed by atoms with van der Waals surface area (Å²) >= 11 is 0. The molecular weight excluding hydrogens is 238 g/mol. The average molecular weight is 259 g/mol. The number of hydrogen-bond acceptors (Lipinski definition) is 4. The minimum absolute atomic E-state index is 0.650. The van der Waals surface area contributed by atoms with Crippen molar-refractivity contribution >= 4 is 11.4 Å². The molecule has 1 aromatic rings. The smallest absolute Gasteiger partial charge is 0.0642 e. The van der Waals surface area contributed by atoms with Crippen LogP contribution in [0.3, 0.4) is 0 Å². The summed E-state index contributed by atoms with van der Waals surface area (Å²) < 4.78 is 5.35.